The molecule has 1 aromatic heterocycles. The first kappa shape index (κ1) is 19.9. The molecule has 1 heterocycles. The van der Waals surface area contributed by atoms with Crippen LogP contribution in [0, 0.1) is 5.82 Å². The molecule has 23 heavy (non-hydrogen) atoms. The maximum atomic E-state index is 13.3. The van der Waals surface area contributed by atoms with Crippen molar-refractivity contribution >= 4 is 45.9 Å². The first-order valence-corrected chi connectivity index (χ1v) is 7.82. The van der Waals surface area contributed by atoms with Crippen LogP contribution in [0.2, 0.25) is 0 Å². The monoisotopic (exact) mass is 495 g/mol. The summed E-state index contributed by atoms with van der Waals surface area (Å²) in [7, 11) is 1.89. The van der Waals surface area contributed by atoms with Gasteiger partial charge in [0.25, 0.3) is 0 Å². The van der Waals surface area contributed by atoms with E-state index in [1.54, 1.807) is 16.9 Å². The van der Waals surface area contributed by atoms with E-state index >= 15 is 0 Å². The number of nitrogens with zero attached hydrogens (tertiary/aromatic N) is 3. The molecule has 0 saturated carbocycles. The number of nitrogens with one attached hydrogen (secondary N) is 2. The van der Waals surface area contributed by atoms with Crippen molar-refractivity contribution < 1.29 is 4.39 Å². The topological polar surface area (TPSA) is 54.2 Å². The third-order valence-electron chi connectivity index (χ3n) is 3.12. The molecule has 0 atom stereocenters. The standard InChI is InChI=1S/C15H19BrFN5.HI/c1-3-18-15(20-10-13-6-7-21-22(13)2)19-9-11-8-12(17)4-5-14(11)16;/h4-8H,3,9-10H2,1-2H3,(H2,18,19,20);1H. The van der Waals surface area contributed by atoms with E-state index in [1.165, 1.54) is 12.1 Å². The second-order valence-electron chi connectivity index (χ2n) is 4.73. The molecular weight excluding hydrogens is 476 g/mol. The smallest absolute Gasteiger partial charge is 0.191 e. The van der Waals surface area contributed by atoms with Gasteiger partial charge in [-0.05, 0) is 36.8 Å². The molecule has 0 unspecified atom stereocenters. The lowest BCUT2D eigenvalue weighted by Gasteiger charge is -2.11. The summed E-state index contributed by atoms with van der Waals surface area (Å²) in [6.07, 6.45) is 1.75. The molecule has 0 aliphatic heterocycles. The Kier molecular flexibility index (Phi) is 8.53. The fourth-order valence-electron chi connectivity index (χ4n) is 1.92. The minimum absolute atomic E-state index is 0. The van der Waals surface area contributed by atoms with Crippen molar-refractivity contribution in [2.45, 2.75) is 20.0 Å². The molecule has 0 aliphatic carbocycles. The number of hydrogen-bond donors (Lipinski definition) is 2. The van der Waals surface area contributed by atoms with Gasteiger partial charge in [-0.25, -0.2) is 9.38 Å². The van der Waals surface area contributed by atoms with Gasteiger partial charge in [0.05, 0.1) is 18.8 Å². The third-order valence-corrected chi connectivity index (χ3v) is 3.89. The first-order chi connectivity index (χ1) is 10.6. The zero-order chi connectivity index (χ0) is 15.9. The van der Waals surface area contributed by atoms with Gasteiger partial charge in [-0.2, -0.15) is 5.10 Å². The summed E-state index contributed by atoms with van der Waals surface area (Å²) in [5, 5.41) is 10.5. The highest BCUT2D eigenvalue weighted by Crippen LogP contribution is 2.18. The summed E-state index contributed by atoms with van der Waals surface area (Å²) < 4.78 is 15.9. The summed E-state index contributed by atoms with van der Waals surface area (Å²) in [6.45, 7) is 3.76. The molecule has 0 aliphatic rings. The van der Waals surface area contributed by atoms with E-state index in [0.29, 0.717) is 19.0 Å². The molecule has 126 valence electrons. The molecule has 0 saturated heterocycles. The molecule has 2 N–H and O–H groups in total. The second-order valence-corrected chi connectivity index (χ2v) is 5.58. The van der Waals surface area contributed by atoms with Gasteiger partial charge in [0.2, 0.25) is 0 Å². The predicted molar refractivity (Wildman–Crippen MR) is 104 cm³/mol. The predicted octanol–water partition coefficient (Wildman–Crippen LogP) is 3.20. The van der Waals surface area contributed by atoms with Crippen molar-refractivity contribution in [1.82, 2.24) is 20.4 Å². The number of aryl methyl sites for hydroxylation is 1. The maximum Gasteiger partial charge on any atom is 0.191 e. The Balaban J connectivity index is 0.00000264. The van der Waals surface area contributed by atoms with Gasteiger partial charge in [0.15, 0.2) is 5.96 Å². The zero-order valence-electron chi connectivity index (χ0n) is 13.0. The molecule has 0 fully saturated rings. The van der Waals surface area contributed by atoms with E-state index in [-0.39, 0.29) is 29.8 Å². The Hall–Kier alpha value is -1.16. The van der Waals surface area contributed by atoms with Crippen LogP contribution >= 0.6 is 39.9 Å². The van der Waals surface area contributed by atoms with E-state index < -0.39 is 0 Å². The summed E-state index contributed by atoms with van der Waals surface area (Å²) in [5.41, 5.74) is 1.86. The summed E-state index contributed by atoms with van der Waals surface area (Å²) in [5.74, 6) is 0.418. The molecule has 0 amide bonds. The molecule has 8 heteroatoms. The minimum Gasteiger partial charge on any atom is -0.357 e. The number of halogens is 3. The van der Waals surface area contributed by atoms with Crippen LogP contribution in [0.4, 0.5) is 4.39 Å². The second kappa shape index (κ2) is 9.86. The Labute approximate surface area is 160 Å². The lowest BCUT2D eigenvalue weighted by Crippen LogP contribution is -2.37. The normalized spacial score (nSPS) is 11.0. The highest BCUT2D eigenvalue weighted by atomic mass is 127. The Morgan fingerprint density at radius 2 is 2.13 bits per heavy atom. The first-order valence-electron chi connectivity index (χ1n) is 7.03. The Morgan fingerprint density at radius 1 is 1.35 bits per heavy atom. The Bertz CT molecular complexity index is 659. The number of aliphatic imine (C=N–C) groups is 1. The lowest BCUT2D eigenvalue weighted by atomic mass is 10.2. The van der Waals surface area contributed by atoms with Gasteiger partial charge < -0.3 is 10.6 Å². The number of hydrogen-bond acceptors (Lipinski definition) is 2. The number of benzene rings is 1. The van der Waals surface area contributed by atoms with Gasteiger partial charge in [-0.3, -0.25) is 4.68 Å². The third kappa shape index (κ3) is 6.09. The van der Waals surface area contributed by atoms with E-state index in [1.807, 2.05) is 20.0 Å². The van der Waals surface area contributed by atoms with Gasteiger partial charge in [0, 0.05) is 24.3 Å². The van der Waals surface area contributed by atoms with E-state index in [9.17, 15) is 4.39 Å². The molecule has 0 spiro atoms. The molecule has 5 nitrogen and oxygen atoms in total. The van der Waals surface area contributed by atoms with Gasteiger partial charge in [-0.15, -0.1) is 24.0 Å². The molecule has 1 aromatic carbocycles. The average Bonchev–Trinajstić information content (AvgIpc) is 2.90. The van der Waals surface area contributed by atoms with Crippen LogP contribution in [0.3, 0.4) is 0 Å². The highest BCUT2D eigenvalue weighted by molar-refractivity contribution is 14.0. The summed E-state index contributed by atoms with van der Waals surface area (Å²) in [6, 6.07) is 6.54. The van der Waals surface area contributed by atoms with Crippen molar-refractivity contribution in [2.24, 2.45) is 12.0 Å². The van der Waals surface area contributed by atoms with Gasteiger partial charge >= 0.3 is 0 Å². The highest BCUT2D eigenvalue weighted by Gasteiger charge is 2.04. The zero-order valence-corrected chi connectivity index (χ0v) is 16.9. The van der Waals surface area contributed by atoms with Crippen molar-refractivity contribution in [3.63, 3.8) is 0 Å². The van der Waals surface area contributed by atoms with E-state index in [0.717, 1.165) is 22.3 Å². The SMILES string of the molecule is CCNC(=NCc1cc(F)ccc1Br)NCc1ccnn1C.I. The van der Waals surface area contributed by atoms with Gasteiger partial charge in [0.1, 0.15) is 5.82 Å². The van der Waals surface area contributed by atoms with Crippen LogP contribution in [0.5, 0.6) is 0 Å². The van der Waals surface area contributed by atoms with Gasteiger partial charge in [-0.1, -0.05) is 15.9 Å². The van der Waals surface area contributed by atoms with Crippen LogP contribution in [0.1, 0.15) is 18.2 Å². The van der Waals surface area contributed by atoms with Crippen molar-refractivity contribution in [1.29, 1.82) is 0 Å². The lowest BCUT2D eigenvalue weighted by molar-refractivity contribution is 0.625. The average molecular weight is 496 g/mol. The fourth-order valence-corrected chi connectivity index (χ4v) is 2.29. The quantitative estimate of drug-likeness (QED) is 0.380. The Morgan fingerprint density at radius 3 is 2.78 bits per heavy atom. The number of aromatic nitrogens is 2. The van der Waals surface area contributed by atoms with Crippen LogP contribution in [0.15, 0.2) is 39.9 Å². The minimum atomic E-state index is -0.263. The number of rotatable bonds is 5. The van der Waals surface area contributed by atoms with Crippen LogP contribution in [0.25, 0.3) is 0 Å². The van der Waals surface area contributed by atoms with Crippen LogP contribution in [-0.4, -0.2) is 22.3 Å². The van der Waals surface area contributed by atoms with E-state index in [2.05, 4.69) is 36.7 Å². The number of guanidine groups is 1. The fraction of sp³-hybridized carbons (Fsp3) is 0.333. The molecule has 0 radical (unpaired) electrons. The maximum absolute atomic E-state index is 13.3. The van der Waals surface area contributed by atoms with Crippen molar-refractivity contribution in [2.75, 3.05) is 6.54 Å². The molecule has 2 aromatic rings. The van der Waals surface area contributed by atoms with Crippen molar-refractivity contribution in [3.8, 4) is 0 Å². The molecule has 2 rings (SSSR count). The summed E-state index contributed by atoms with van der Waals surface area (Å²) >= 11 is 3.41. The van der Waals surface area contributed by atoms with E-state index in [4.69, 9.17) is 0 Å². The summed E-state index contributed by atoms with van der Waals surface area (Å²) in [4.78, 5) is 4.48. The largest absolute Gasteiger partial charge is 0.357 e. The molecular formula is C15H20BrFIN5. The van der Waals surface area contributed by atoms with Crippen LogP contribution < -0.4 is 10.6 Å². The van der Waals surface area contributed by atoms with Crippen molar-refractivity contribution in [3.05, 3.63) is 52.0 Å². The molecule has 0 bridgehead atoms. The van der Waals surface area contributed by atoms with Crippen LogP contribution in [-0.2, 0) is 20.1 Å².